The van der Waals surface area contributed by atoms with E-state index in [-0.39, 0.29) is 18.2 Å². The lowest BCUT2D eigenvalue weighted by molar-refractivity contribution is -0.195. The van der Waals surface area contributed by atoms with Crippen LogP contribution in [-0.4, -0.2) is 24.5 Å². The molecule has 4 nitrogen and oxygen atoms in total. The van der Waals surface area contributed by atoms with E-state index in [9.17, 15) is 4.79 Å². The van der Waals surface area contributed by atoms with Crippen molar-refractivity contribution < 1.29 is 19.0 Å². The molecule has 1 saturated heterocycles. The maximum absolute atomic E-state index is 12.0. The van der Waals surface area contributed by atoms with Crippen LogP contribution in [0.2, 0.25) is 5.02 Å². The molecule has 1 aromatic carbocycles. The summed E-state index contributed by atoms with van der Waals surface area (Å²) in [6.07, 6.45) is 5.47. The number of halogens is 1. The Morgan fingerprint density at radius 2 is 1.88 bits per heavy atom. The lowest BCUT2D eigenvalue weighted by Gasteiger charge is -2.32. The van der Waals surface area contributed by atoms with Crippen molar-refractivity contribution in [2.75, 3.05) is 6.61 Å². The van der Waals surface area contributed by atoms with Crippen molar-refractivity contribution in [3.63, 3.8) is 0 Å². The minimum Gasteiger partial charge on any atom is -0.465 e. The minimum atomic E-state index is -0.513. The van der Waals surface area contributed by atoms with Gasteiger partial charge in [-0.1, -0.05) is 36.2 Å². The van der Waals surface area contributed by atoms with Crippen LogP contribution in [0, 0.1) is 5.41 Å². The first-order chi connectivity index (χ1) is 12.3. The highest BCUT2D eigenvalue weighted by Gasteiger charge is 2.48. The van der Waals surface area contributed by atoms with Gasteiger partial charge in [-0.25, -0.2) is 0 Å². The predicted octanol–water partition coefficient (Wildman–Crippen LogP) is 5.44. The molecule has 1 aliphatic heterocycles. The molecule has 3 rings (SSSR count). The zero-order valence-electron chi connectivity index (χ0n) is 15.9. The van der Waals surface area contributed by atoms with Gasteiger partial charge in [0, 0.05) is 29.8 Å². The maximum Gasteiger partial charge on any atom is 0.311 e. The van der Waals surface area contributed by atoms with Gasteiger partial charge in [0.15, 0.2) is 5.79 Å². The average Bonchev–Trinajstić information content (AvgIpc) is 2.93. The molecular formula is C21H29ClO4. The van der Waals surface area contributed by atoms with Crippen LogP contribution < -0.4 is 0 Å². The summed E-state index contributed by atoms with van der Waals surface area (Å²) >= 11 is 6.42. The van der Waals surface area contributed by atoms with E-state index in [2.05, 4.69) is 0 Å². The molecule has 0 aromatic heterocycles. The van der Waals surface area contributed by atoms with Crippen LogP contribution >= 0.6 is 11.6 Å². The molecule has 144 valence electrons. The first-order valence-corrected chi connectivity index (χ1v) is 9.96. The van der Waals surface area contributed by atoms with Crippen molar-refractivity contribution in [3.8, 4) is 0 Å². The lowest BCUT2D eigenvalue weighted by Crippen LogP contribution is -2.33. The van der Waals surface area contributed by atoms with Gasteiger partial charge in [-0.15, -0.1) is 0 Å². The third kappa shape index (κ3) is 4.41. The Morgan fingerprint density at radius 1 is 1.19 bits per heavy atom. The van der Waals surface area contributed by atoms with Gasteiger partial charge in [0.2, 0.25) is 0 Å². The number of carbonyl (C=O) groups excluding carboxylic acids is 1. The van der Waals surface area contributed by atoms with Gasteiger partial charge < -0.3 is 14.2 Å². The molecule has 2 atom stereocenters. The third-order valence-corrected chi connectivity index (χ3v) is 5.46. The average molecular weight is 381 g/mol. The fraction of sp³-hybridized carbons (Fsp3) is 0.667. The highest BCUT2D eigenvalue weighted by Crippen LogP contribution is 2.48. The number of rotatable bonds is 4. The Kier molecular flexibility index (Phi) is 5.95. The van der Waals surface area contributed by atoms with Crippen molar-refractivity contribution >= 4 is 17.6 Å². The lowest BCUT2D eigenvalue weighted by atomic mass is 9.94. The van der Waals surface area contributed by atoms with Crippen molar-refractivity contribution in [2.24, 2.45) is 5.41 Å². The second kappa shape index (κ2) is 7.87. The number of ether oxygens (including phenoxy) is 3. The van der Waals surface area contributed by atoms with Crippen molar-refractivity contribution in [3.05, 3.63) is 34.9 Å². The summed E-state index contributed by atoms with van der Waals surface area (Å²) in [5, 5.41) is 0.686. The Morgan fingerprint density at radius 3 is 2.54 bits per heavy atom. The van der Waals surface area contributed by atoms with Crippen LogP contribution in [-0.2, 0) is 19.0 Å². The van der Waals surface area contributed by atoms with E-state index < -0.39 is 11.2 Å². The quantitative estimate of drug-likeness (QED) is 0.652. The van der Waals surface area contributed by atoms with Gasteiger partial charge >= 0.3 is 5.97 Å². The smallest absolute Gasteiger partial charge is 0.311 e. The molecule has 0 N–H and O–H groups in total. The summed E-state index contributed by atoms with van der Waals surface area (Å²) in [7, 11) is 0. The van der Waals surface area contributed by atoms with Gasteiger partial charge in [-0.05, 0) is 39.7 Å². The van der Waals surface area contributed by atoms with Gasteiger partial charge in [-0.2, -0.15) is 0 Å². The van der Waals surface area contributed by atoms with Gasteiger partial charge in [-0.3, -0.25) is 4.79 Å². The molecule has 1 heterocycles. The topological polar surface area (TPSA) is 44.8 Å². The number of hydrogen-bond acceptors (Lipinski definition) is 4. The molecule has 1 saturated carbocycles. The normalized spacial score (nSPS) is 25.4. The molecule has 0 radical (unpaired) electrons. The zero-order chi connectivity index (χ0) is 18.8. The summed E-state index contributed by atoms with van der Waals surface area (Å²) in [5.41, 5.74) is 0.448. The first-order valence-electron chi connectivity index (χ1n) is 9.58. The van der Waals surface area contributed by atoms with Gasteiger partial charge in [0.1, 0.15) is 6.10 Å². The fourth-order valence-electron chi connectivity index (χ4n) is 3.66. The highest BCUT2D eigenvalue weighted by atomic mass is 35.5. The number of carbonyl (C=O) groups is 1. The second-order valence-corrected chi connectivity index (χ2v) is 8.77. The molecule has 0 amide bonds. The molecule has 2 aliphatic rings. The standard InChI is InChI=1S/C21H29ClO4/c1-20(2,3)19(23)24-14-11-17-18(15-9-5-6-10-16(15)22)26-21(25-17)12-7-4-8-13-21/h5-6,9-10,17-18H,4,7-8,11-14H2,1-3H3/t17-,18-/m1/s1. The molecule has 0 unspecified atom stereocenters. The van der Waals surface area contributed by atoms with E-state index in [0.29, 0.717) is 18.1 Å². The number of hydrogen-bond donors (Lipinski definition) is 0. The third-order valence-electron chi connectivity index (χ3n) is 5.12. The summed E-state index contributed by atoms with van der Waals surface area (Å²) in [4.78, 5) is 12.0. The van der Waals surface area contributed by atoms with Crippen LogP contribution in [0.25, 0.3) is 0 Å². The van der Waals surface area contributed by atoms with Crippen molar-refractivity contribution in [1.29, 1.82) is 0 Å². The molecule has 1 aliphatic carbocycles. The fourth-order valence-corrected chi connectivity index (χ4v) is 3.91. The van der Waals surface area contributed by atoms with Crippen LogP contribution in [0.5, 0.6) is 0 Å². The van der Waals surface area contributed by atoms with Crippen LogP contribution in [0.4, 0.5) is 0 Å². The monoisotopic (exact) mass is 380 g/mol. The Labute approximate surface area is 161 Å². The summed E-state index contributed by atoms with van der Waals surface area (Å²) in [6.45, 7) is 5.89. The van der Waals surface area contributed by atoms with E-state index in [4.69, 9.17) is 25.8 Å². The van der Waals surface area contributed by atoms with Crippen molar-refractivity contribution in [1.82, 2.24) is 0 Å². The summed E-state index contributed by atoms with van der Waals surface area (Å²) in [6, 6.07) is 7.75. The molecule has 2 fully saturated rings. The van der Waals surface area contributed by atoms with Crippen LogP contribution in [0.3, 0.4) is 0 Å². The SMILES string of the molecule is CC(C)(C)C(=O)OCC[C@H]1OC2(CCCCC2)O[C@@H]1c1ccccc1Cl. The summed E-state index contributed by atoms with van der Waals surface area (Å²) < 4.78 is 18.3. The van der Waals surface area contributed by atoms with E-state index in [1.54, 1.807) is 0 Å². The second-order valence-electron chi connectivity index (χ2n) is 8.36. The first kappa shape index (κ1) is 19.7. The minimum absolute atomic E-state index is 0.166. The maximum atomic E-state index is 12.0. The van der Waals surface area contributed by atoms with Crippen LogP contribution in [0.1, 0.15) is 71.0 Å². The number of esters is 1. The Hall–Kier alpha value is -1.10. The molecular weight excluding hydrogens is 352 g/mol. The van der Waals surface area contributed by atoms with E-state index >= 15 is 0 Å². The van der Waals surface area contributed by atoms with E-state index in [1.807, 2.05) is 45.0 Å². The Balaban J connectivity index is 1.72. The Bertz CT molecular complexity index is 631. The van der Waals surface area contributed by atoms with Gasteiger partial charge in [0.25, 0.3) is 0 Å². The summed E-state index contributed by atoms with van der Waals surface area (Å²) in [5.74, 6) is -0.709. The van der Waals surface area contributed by atoms with Crippen molar-refractivity contribution in [2.45, 2.75) is 77.3 Å². The molecule has 1 spiro atoms. The molecule has 26 heavy (non-hydrogen) atoms. The highest BCUT2D eigenvalue weighted by molar-refractivity contribution is 6.31. The molecule has 0 bridgehead atoms. The number of benzene rings is 1. The largest absolute Gasteiger partial charge is 0.465 e. The van der Waals surface area contributed by atoms with E-state index in [1.165, 1.54) is 6.42 Å². The van der Waals surface area contributed by atoms with Gasteiger partial charge in [0.05, 0.1) is 18.1 Å². The van der Waals surface area contributed by atoms with Crippen LogP contribution in [0.15, 0.2) is 24.3 Å². The predicted molar refractivity (Wildman–Crippen MR) is 101 cm³/mol. The molecule has 5 heteroatoms. The zero-order valence-corrected chi connectivity index (χ0v) is 16.7. The molecule has 1 aromatic rings. The van der Waals surface area contributed by atoms with E-state index in [0.717, 1.165) is 31.2 Å².